The highest BCUT2D eigenvalue weighted by Crippen LogP contribution is 2.55. The summed E-state index contributed by atoms with van der Waals surface area (Å²) < 4.78 is 0. The number of rotatable bonds is 3. The van der Waals surface area contributed by atoms with Crippen LogP contribution in [0.3, 0.4) is 0 Å². The van der Waals surface area contributed by atoms with E-state index in [1.807, 2.05) is 5.92 Å². The van der Waals surface area contributed by atoms with Gasteiger partial charge in [-0.1, -0.05) is 18.4 Å². The molecule has 0 aromatic heterocycles. The van der Waals surface area contributed by atoms with E-state index in [0.717, 1.165) is 11.8 Å². The molecule has 0 atom stereocenters. The van der Waals surface area contributed by atoms with E-state index in [1.54, 1.807) is 5.57 Å². The molecule has 2 saturated carbocycles. The number of allylic oxidation sites excluding steroid dienone is 2. The zero-order chi connectivity index (χ0) is 7.97. The predicted octanol–water partition coefficient (Wildman–Crippen LogP) is 3.31. The van der Waals surface area contributed by atoms with Crippen LogP contribution in [0.4, 0.5) is 0 Å². The van der Waals surface area contributed by atoms with Gasteiger partial charge >= 0.3 is 0 Å². The van der Waals surface area contributed by atoms with E-state index in [0.29, 0.717) is 0 Å². The molecule has 0 radical (unpaired) electrons. The molecule has 0 saturated heterocycles. The van der Waals surface area contributed by atoms with E-state index >= 15 is 0 Å². The molecule has 0 amide bonds. The monoisotopic (exact) mass is 160 g/mol. The van der Waals surface area contributed by atoms with Gasteiger partial charge in [0, 0.05) is 0 Å². The quantitative estimate of drug-likeness (QED) is 0.556. The highest BCUT2D eigenvalue weighted by Gasteiger charge is 2.43. The summed E-state index contributed by atoms with van der Waals surface area (Å²) in [6.45, 7) is 0. The fourth-order valence-electron chi connectivity index (χ4n) is 2.39. The van der Waals surface area contributed by atoms with Crippen LogP contribution in [0.25, 0.3) is 0 Å². The molecule has 0 unspecified atom stereocenters. The first-order chi connectivity index (χ1) is 5.95. The maximum atomic E-state index is 2.46. The van der Waals surface area contributed by atoms with Crippen molar-refractivity contribution in [3.8, 4) is 0 Å². The summed E-state index contributed by atoms with van der Waals surface area (Å²) in [5.74, 6) is 3.88. The second-order valence-electron chi connectivity index (χ2n) is 4.44. The third kappa shape index (κ3) is 1.14. The predicted molar refractivity (Wildman–Crippen MR) is 50.3 cm³/mol. The van der Waals surface area contributed by atoms with Crippen molar-refractivity contribution in [3.63, 3.8) is 0 Å². The van der Waals surface area contributed by atoms with Gasteiger partial charge < -0.3 is 0 Å². The molecule has 3 aliphatic rings. The molecule has 12 heavy (non-hydrogen) atoms. The van der Waals surface area contributed by atoms with Crippen LogP contribution >= 0.6 is 0 Å². The van der Waals surface area contributed by atoms with Crippen LogP contribution in [0.2, 0.25) is 0 Å². The summed E-state index contributed by atoms with van der Waals surface area (Å²) in [4.78, 5) is 0. The van der Waals surface area contributed by atoms with Crippen molar-refractivity contribution in [2.45, 2.75) is 38.5 Å². The van der Waals surface area contributed by atoms with Crippen molar-refractivity contribution in [1.29, 1.82) is 0 Å². The van der Waals surface area contributed by atoms with Crippen LogP contribution < -0.4 is 0 Å². The van der Waals surface area contributed by atoms with Gasteiger partial charge in [-0.2, -0.15) is 0 Å². The molecule has 0 aromatic rings. The average Bonchev–Trinajstić information content (AvgIpc) is 2.95. The van der Waals surface area contributed by atoms with Gasteiger partial charge in [0.2, 0.25) is 0 Å². The van der Waals surface area contributed by atoms with Gasteiger partial charge in [0.15, 0.2) is 0 Å². The Bertz CT molecular complexity index is 194. The Morgan fingerprint density at radius 1 is 1.17 bits per heavy atom. The lowest BCUT2D eigenvalue weighted by atomic mass is 9.89. The minimum Gasteiger partial charge on any atom is -0.0773 e. The van der Waals surface area contributed by atoms with Crippen LogP contribution in [-0.2, 0) is 0 Å². The van der Waals surface area contributed by atoms with Gasteiger partial charge in [-0.3, -0.25) is 0 Å². The minimum atomic E-state index is 1.01. The van der Waals surface area contributed by atoms with Crippen LogP contribution in [0.1, 0.15) is 38.5 Å². The van der Waals surface area contributed by atoms with E-state index in [9.17, 15) is 0 Å². The number of hydrogen-bond donors (Lipinski definition) is 0. The van der Waals surface area contributed by atoms with E-state index < -0.39 is 0 Å². The maximum Gasteiger partial charge on any atom is -0.0191 e. The van der Waals surface area contributed by atoms with Crippen LogP contribution in [0.15, 0.2) is 11.6 Å². The molecule has 0 heterocycles. The Morgan fingerprint density at radius 2 is 1.83 bits per heavy atom. The zero-order valence-corrected chi connectivity index (χ0v) is 7.55. The molecule has 0 aromatic carbocycles. The molecule has 0 nitrogen and oxygen atoms in total. The Labute approximate surface area is 75.0 Å². The Balaban J connectivity index is 1.75. The molecule has 0 heteroatoms. The van der Waals surface area contributed by atoms with Gasteiger partial charge in [-0.15, -0.1) is 0 Å². The molecule has 0 aliphatic heterocycles. The molecule has 0 bridgehead atoms. The summed E-state index contributed by atoms with van der Waals surface area (Å²) in [7, 11) is 0. The molecular weight excluding hydrogens is 144 g/mol. The minimum absolute atomic E-state index is 1.01. The normalized spacial score (nSPS) is 28.2. The lowest BCUT2D eigenvalue weighted by Gasteiger charge is -2.17. The molecular formula is C12H16. The number of hydrogen-bond acceptors (Lipinski definition) is 0. The lowest BCUT2D eigenvalue weighted by Crippen LogP contribution is -2.05. The topological polar surface area (TPSA) is 0 Å². The molecule has 0 spiro atoms. The van der Waals surface area contributed by atoms with Crippen molar-refractivity contribution in [2.75, 3.05) is 0 Å². The second kappa shape index (κ2) is 2.48. The maximum absolute atomic E-state index is 2.46. The SMILES string of the molecule is C1=C([C+](C2CC2)C2CC2)[CH-]CC1. The van der Waals surface area contributed by atoms with E-state index in [-0.39, 0.29) is 0 Å². The molecule has 2 fully saturated rings. The lowest BCUT2D eigenvalue weighted by molar-refractivity contribution is 0.730. The summed E-state index contributed by atoms with van der Waals surface area (Å²) >= 11 is 0. The first kappa shape index (κ1) is 6.94. The molecule has 64 valence electrons. The largest absolute Gasteiger partial charge is 0.0773 e. The van der Waals surface area contributed by atoms with Crippen molar-refractivity contribution in [2.24, 2.45) is 11.8 Å². The fourth-order valence-corrected chi connectivity index (χ4v) is 2.39. The molecule has 3 aliphatic carbocycles. The Morgan fingerprint density at radius 3 is 2.25 bits per heavy atom. The summed E-state index contributed by atoms with van der Waals surface area (Å²) in [6.07, 6.45) is 13.5. The van der Waals surface area contributed by atoms with Crippen molar-refractivity contribution in [1.82, 2.24) is 0 Å². The van der Waals surface area contributed by atoms with E-state index in [1.165, 1.54) is 38.5 Å². The van der Waals surface area contributed by atoms with Gasteiger partial charge in [0.1, 0.15) is 0 Å². The zero-order valence-electron chi connectivity index (χ0n) is 7.55. The molecule has 3 rings (SSSR count). The summed E-state index contributed by atoms with van der Waals surface area (Å²) in [6, 6.07) is 0. The highest BCUT2D eigenvalue weighted by molar-refractivity contribution is 5.40. The van der Waals surface area contributed by atoms with Gasteiger partial charge in [-0.05, 0) is 55.9 Å². The van der Waals surface area contributed by atoms with E-state index in [2.05, 4.69) is 12.5 Å². The van der Waals surface area contributed by atoms with Gasteiger partial charge in [0.05, 0.1) is 0 Å². The smallest absolute Gasteiger partial charge is 0.0191 e. The van der Waals surface area contributed by atoms with E-state index in [4.69, 9.17) is 0 Å². The van der Waals surface area contributed by atoms with Crippen molar-refractivity contribution in [3.05, 3.63) is 24.0 Å². The van der Waals surface area contributed by atoms with Crippen molar-refractivity contribution < 1.29 is 0 Å². The summed E-state index contributed by atoms with van der Waals surface area (Å²) in [5.41, 5.74) is 1.65. The van der Waals surface area contributed by atoms with Gasteiger partial charge in [0.25, 0.3) is 0 Å². The highest BCUT2D eigenvalue weighted by atomic mass is 14.5. The van der Waals surface area contributed by atoms with Crippen LogP contribution in [0, 0.1) is 24.2 Å². The van der Waals surface area contributed by atoms with Gasteiger partial charge in [-0.25, -0.2) is 0 Å². The molecule has 0 N–H and O–H groups in total. The van der Waals surface area contributed by atoms with Crippen LogP contribution in [-0.4, -0.2) is 0 Å². The van der Waals surface area contributed by atoms with Crippen LogP contribution in [0.5, 0.6) is 0 Å². The summed E-state index contributed by atoms with van der Waals surface area (Å²) in [5, 5.41) is 0. The average molecular weight is 160 g/mol. The first-order valence-electron chi connectivity index (χ1n) is 5.35. The first-order valence-corrected chi connectivity index (χ1v) is 5.35. The third-order valence-corrected chi connectivity index (χ3v) is 3.26. The van der Waals surface area contributed by atoms with Crippen molar-refractivity contribution >= 4 is 0 Å². The standard InChI is InChI=1S/C12H16/c1-2-4-9(3-1)12(10-5-6-10)11-7-8-11/h3-4,10-11H,1-2,5-8H2. The fraction of sp³-hybridized carbons (Fsp3) is 0.667. The Hall–Kier alpha value is -0.520. The third-order valence-electron chi connectivity index (χ3n) is 3.26. The Kier molecular flexibility index (Phi) is 1.44. The second-order valence-corrected chi connectivity index (χ2v) is 4.44.